The molecule has 0 radical (unpaired) electrons. The lowest BCUT2D eigenvalue weighted by atomic mass is 10.1. The molecule has 0 amide bonds. The normalized spacial score (nSPS) is 12.9. The van der Waals surface area contributed by atoms with Crippen LogP contribution in [0, 0.1) is 0 Å². The maximum atomic E-state index is 5.83. The van der Waals surface area contributed by atoms with Gasteiger partial charge in [0.05, 0.1) is 4.34 Å². The van der Waals surface area contributed by atoms with E-state index < -0.39 is 0 Å². The number of hydrogen-bond acceptors (Lipinski definition) is 2. The smallest absolute Gasteiger partial charge is 0.188 e. The van der Waals surface area contributed by atoms with E-state index in [1.807, 2.05) is 12.1 Å². The van der Waals surface area contributed by atoms with Crippen LogP contribution in [0.3, 0.4) is 0 Å². The van der Waals surface area contributed by atoms with Gasteiger partial charge in [-0.15, -0.1) is 11.3 Å². The summed E-state index contributed by atoms with van der Waals surface area (Å²) < 4.78 is 0.819. The van der Waals surface area contributed by atoms with Gasteiger partial charge >= 0.3 is 0 Å². The summed E-state index contributed by atoms with van der Waals surface area (Å²) in [7, 11) is 0. The number of hydrogen-bond donors (Lipinski definition) is 2. The Kier molecular flexibility index (Phi) is 4.62. The van der Waals surface area contributed by atoms with Gasteiger partial charge in [0.15, 0.2) is 5.96 Å². The molecule has 0 unspecified atom stereocenters. The van der Waals surface area contributed by atoms with Crippen molar-refractivity contribution < 1.29 is 0 Å². The van der Waals surface area contributed by atoms with Gasteiger partial charge in [-0.2, -0.15) is 0 Å². The van der Waals surface area contributed by atoms with Crippen molar-refractivity contribution in [3.8, 4) is 0 Å². The highest BCUT2D eigenvalue weighted by Gasteiger charge is 2.09. The van der Waals surface area contributed by atoms with Crippen molar-refractivity contribution in [3.63, 3.8) is 0 Å². The lowest BCUT2D eigenvalue weighted by molar-refractivity contribution is 0.508. The summed E-state index contributed by atoms with van der Waals surface area (Å²) >= 11 is 7.42. The molecule has 0 saturated heterocycles. The molecule has 0 atom stereocenters. The fourth-order valence-corrected chi connectivity index (χ4v) is 2.27. The number of nitrogens with one attached hydrogen (secondary N) is 1. The van der Waals surface area contributed by atoms with E-state index >= 15 is 0 Å². The fraction of sp³-hybridized carbons (Fsp3) is 0.545. The van der Waals surface area contributed by atoms with Crippen LogP contribution in [0.25, 0.3) is 0 Å². The van der Waals surface area contributed by atoms with Gasteiger partial charge in [-0.1, -0.05) is 11.6 Å². The number of thiophene rings is 1. The van der Waals surface area contributed by atoms with Crippen molar-refractivity contribution in [1.29, 1.82) is 0 Å². The van der Waals surface area contributed by atoms with E-state index in [2.05, 4.69) is 31.1 Å². The standard InChI is InChI=1S/C11H18ClN3S/c1-11(2,3)15-10(13)14-7-6-8-4-5-9(12)16-8/h4-5H,6-7H2,1-3H3,(H3,13,14,15). The van der Waals surface area contributed by atoms with Gasteiger partial charge in [0.25, 0.3) is 0 Å². The largest absolute Gasteiger partial charge is 0.370 e. The van der Waals surface area contributed by atoms with Crippen molar-refractivity contribution >= 4 is 28.9 Å². The Morgan fingerprint density at radius 3 is 2.69 bits per heavy atom. The van der Waals surface area contributed by atoms with Crippen molar-refractivity contribution in [1.82, 2.24) is 5.32 Å². The van der Waals surface area contributed by atoms with Gasteiger partial charge in [0, 0.05) is 23.4 Å². The topological polar surface area (TPSA) is 50.4 Å². The van der Waals surface area contributed by atoms with E-state index in [-0.39, 0.29) is 5.54 Å². The van der Waals surface area contributed by atoms with Crippen LogP contribution in [0.1, 0.15) is 25.6 Å². The first-order chi connectivity index (χ1) is 7.37. The van der Waals surface area contributed by atoms with Gasteiger partial charge in [0.2, 0.25) is 0 Å². The Labute approximate surface area is 106 Å². The number of rotatable bonds is 3. The summed E-state index contributed by atoms with van der Waals surface area (Å²) in [5.74, 6) is 0.496. The minimum atomic E-state index is -0.0418. The third-order valence-electron chi connectivity index (χ3n) is 1.77. The third-order valence-corrected chi connectivity index (χ3v) is 3.06. The average Bonchev–Trinajstić information content (AvgIpc) is 2.48. The Bertz CT molecular complexity index is 366. The molecule has 0 bridgehead atoms. The van der Waals surface area contributed by atoms with E-state index in [1.165, 1.54) is 4.88 Å². The number of guanidine groups is 1. The molecule has 1 heterocycles. The summed E-state index contributed by atoms with van der Waals surface area (Å²) in [5.41, 5.74) is 5.70. The zero-order chi connectivity index (χ0) is 12.2. The van der Waals surface area contributed by atoms with Gasteiger partial charge < -0.3 is 11.1 Å². The Hall–Kier alpha value is -0.740. The van der Waals surface area contributed by atoms with Crippen LogP contribution in [0.15, 0.2) is 17.1 Å². The van der Waals surface area contributed by atoms with E-state index in [9.17, 15) is 0 Å². The molecular weight excluding hydrogens is 242 g/mol. The van der Waals surface area contributed by atoms with Crippen molar-refractivity contribution in [2.45, 2.75) is 32.7 Å². The average molecular weight is 260 g/mol. The van der Waals surface area contributed by atoms with Gasteiger partial charge in [0.1, 0.15) is 0 Å². The molecule has 3 N–H and O–H groups in total. The molecule has 90 valence electrons. The molecule has 1 aromatic rings. The van der Waals surface area contributed by atoms with Crippen LogP contribution in [0.5, 0.6) is 0 Å². The minimum Gasteiger partial charge on any atom is -0.370 e. The molecule has 5 heteroatoms. The zero-order valence-corrected chi connectivity index (χ0v) is 11.5. The summed E-state index contributed by atoms with van der Waals surface area (Å²) in [4.78, 5) is 5.49. The highest BCUT2D eigenvalue weighted by molar-refractivity contribution is 7.16. The highest BCUT2D eigenvalue weighted by atomic mass is 35.5. The predicted molar refractivity (Wildman–Crippen MR) is 72.4 cm³/mol. The van der Waals surface area contributed by atoms with E-state index in [0.717, 1.165) is 10.8 Å². The summed E-state index contributed by atoms with van der Waals surface area (Å²) in [6.45, 7) is 6.84. The van der Waals surface area contributed by atoms with Crippen LogP contribution in [-0.4, -0.2) is 18.0 Å². The molecule has 0 spiro atoms. The maximum absolute atomic E-state index is 5.83. The quantitative estimate of drug-likeness (QED) is 0.648. The van der Waals surface area contributed by atoms with Crippen LogP contribution in [0.4, 0.5) is 0 Å². The molecule has 0 aliphatic rings. The van der Waals surface area contributed by atoms with Crippen LogP contribution >= 0.6 is 22.9 Å². The molecule has 0 aromatic carbocycles. The van der Waals surface area contributed by atoms with E-state index in [4.69, 9.17) is 17.3 Å². The highest BCUT2D eigenvalue weighted by Crippen LogP contribution is 2.21. The van der Waals surface area contributed by atoms with E-state index in [1.54, 1.807) is 11.3 Å². The number of halogens is 1. The van der Waals surface area contributed by atoms with E-state index in [0.29, 0.717) is 12.5 Å². The van der Waals surface area contributed by atoms with Gasteiger partial charge in [-0.25, -0.2) is 0 Å². The number of aliphatic imine (C=N–C) groups is 1. The molecule has 0 aliphatic heterocycles. The summed E-state index contributed by atoms with van der Waals surface area (Å²) in [6, 6.07) is 3.93. The van der Waals surface area contributed by atoms with Gasteiger partial charge in [-0.3, -0.25) is 4.99 Å². The zero-order valence-electron chi connectivity index (χ0n) is 9.88. The monoisotopic (exact) mass is 259 g/mol. The molecule has 1 rings (SSSR count). The molecule has 16 heavy (non-hydrogen) atoms. The predicted octanol–water partition coefficient (Wildman–Crippen LogP) is 2.65. The maximum Gasteiger partial charge on any atom is 0.188 e. The first-order valence-corrected chi connectivity index (χ1v) is 6.38. The fourth-order valence-electron chi connectivity index (χ4n) is 1.20. The van der Waals surface area contributed by atoms with Crippen molar-refractivity contribution in [2.24, 2.45) is 10.7 Å². The van der Waals surface area contributed by atoms with Crippen LogP contribution in [-0.2, 0) is 6.42 Å². The first kappa shape index (κ1) is 13.3. The molecule has 0 saturated carbocycles. The van der Waals surface area contributed by atoms with Crippen LogP contribution in [0.2, 0.25) is 4.34 Å². The Morgan fingerprint density at radius 2 is 2.19 bits per heavy atom. The first-order valence-electron chi connectivity index (χ1n) is 5.19. The Morgan fingerprint density at radius 1 is 1.50 bits per heavy atom. The molecule has 1 aromatic heterocycles. The minimum absolute atomic E-state index is 0.0418. The molecular formula is C11H18ClN3S. The van der Waals surface area contributed by atoms with Crippen molar-refractivity contribution in [2.75, 3.05) is 6.54 Å². The second kappa shape index (κ2) is 5.55. The number of nitrogens with zero attached hydrogens (tertiary/aromatic N) is 1. The second-order valence-electron chi connectivity index (χ2n) is 4.60. The summed E-state index contributed by atoms with van der Waals surface area (Å²) in [6.07, 6.45) is 0.879. The third kappa shape index (κ3) is 5.37. The Balaban J connectivity index is 2.36. The van der Waals surface area contributed by atoms with Gasteiger partial charge in [-0.05, 0) is 32.9 Å². The SMILES string of the molecule is CC(C)(C)NC(N)=NCCc1ccc(Cl)s1. The lowest BCUT2D eigenvalue weighted by Crippen LogP contribution is -2.45. The molecule has 0 aliphatic carbocycles. The van der Waals surface area contributed by atoms with Crippen LogP contribution < -0.4 is 11.1 Å². The number of nitrogens with two attached hydrogens (primary N) is 1. The molecule has 0 fully saturated rings. The second-order valence-corrected chi connectivity index (χ2v) is 6.40. The van der Waals surface area contributed by atoms with Crippen molar-refractivity contribution in [3.05, 3.63) is 21.3 Å². The summed E-state index contributed by atoms with van der Waals surface area (Å²) in [5, 5.41) is 3.12. The lowest BCUT2D eigenvalue weighted by Gasteiger charge is -2.20. The molecule has 3 nitrogen and oxygen atoms in total.